The van der Waals surface area contributed by atoms with Gasteiger partial charge in [-0.25, -0.2) is 0 Å². The summed E-state index contributed by atoms with van der Waals surface area (Å²) < 4.78 is 12.1. The largest absolute Gasteiger partial charge is 0.481 e. The fourth-order valence-electron chi connectivity index (χ4n) is 4.00. The molecule has 1 heterocycles. The molecule has 3 aromatic carbocycles. The minimum absolute atomic E-state index is 0.0257. The molecule has 4 rings (SSSR count). The molecule has 32 heavy (non-hydrogen) atoms. The molecule has 0 amide bonds. The van der Waals surface area contributed by atoms with Gasteiger partial charge in [-0.1, -0.05) is 41.9 Å². The highest BCUT2D eigenvalue weighted by Crippen LogP contribution is 2.45. The Kier molecular flexibility index (Phi) is 5.90. The molecule has 0 aliphatic carbocycles. The number of ketones is 2. The van der Waals surface area contributed by atoms with E-state index in [0.29, 0.717) is 33.4 Å². The van der Waals surface area contributed by atoms with Crippen LogP contribution in [0.25, 0.3) is 0 Å². The van der Waals surface area contributed by atoms with E-state index in [0.717, 1.165) is 16.7 Å². The maximum atomic E-state index is 13.5. The maximum absolute atomic E-state index is 13.5. The number of Topliss-reactive ketones (excluding diaryl/α,β-unsaturated/α-hetero) is 2. The molecule has 0 bridgehead atoms. The van der Waals surface area contributed by atoms with Crippen molar-refractivity contribution in [3.8, 4) is 11.5 Å². The molecule has 0 radical (unpaired) electrons. The Morgan fingerprint density at radius 3 is 2.38 bits per heavy atom. The zero-order valence-corrected chi connectivity index (χ0v) is 18.9. The molecular formula is C27H23ClO4. The summed E-state index contributed by atoms with van der Waals surface area (Å²) in [5.41, 5.74) is 3.92. The van der Waals surface area contributed by atoms with E-state index in [1.165, 1.54) is 6.92 Å². The number of ether oxygens (including phenoxy) is 2. The summed E-state index contributed by atoms with van der Waals surface area (Å²) in [5, 5.41) is 0.538. The summed E-state index contributed by atoms with van der Waals surface area (Å²) in [5.74, 6) is 0.764. The number of benzene rings is 3. The lowest BCUT2D eigenvalue weighted by Gasteiger charge is -2.21. The number of rotatable bonds is 6. The van der Waals surface area contributed by atoms with Crippen LogP contribution in [-0.4, -0.2) is 17.7 Å². The average Bonchev–Trinajstić information content (AvgIpc) is 3.12. The Morgan fingerprint density at radius 2 is 1.72 bits per heavy atom. The van der Waals surface area contributed by atoms with Crippen molar-refractivity contribution in [2.75, 3.05) is 0 Å². The van der Waals surface area contributed by atoms with Gasteiger partial charge in [-0.05, 0) is 68.8 Å². The fraction of sp³-hybridized carbons (Fsp3) is 0.185. The van der Waals surface area contributed by atoms with Gasteiger partial charge in [0.05, 0.1) is 5.92 Å². The Hall–Kier alpha value is -3.37. The summed E-state index contributed by atoms with van der Waals surface area (Å²) in [4.78, 5) is 25.1. The van der Waals surface area contributed by atoms with Crippen LogP contribution < -0.4 is 9.47 Å². The van der Waals surface area contributed by atoms with Crippen molar-refractivity contribution in [1.29, 1.82) is 0 Å². The molecule has 162 valence electrons. The Balaban J connectivity index is 1.68. The standard InChI is InChI=1S/C27H23ClO4/c1-15-5-11-22(16(2)13-15)26(30)27-25(23-14-20(28)8-12-24(23)32-27)18(4)31-21-9-6-19(7-10-21)17(3)29/h5-14,25,27H,4H2,1-3H3/t25-,27+/m0/s1. The van der Waals surface area contributed by atoms with Crippen LogP contribution in [0.4, 0.5) is 0 Å². The lowest BCUT2D eigenvalue weighted by Crippen LogP contribution is -2.31. The average molecular weight is 447 g/mol. The molecule has 0 saturated heterocycles. The normalized spacial score (nSPS) is 16.8. The lowest BCUT2D eigenvalue weighted by atomic mass is 9.88. The second kappa shape index (κ2) is 8.64. The number of carbonyl (C=O) groups excluding carboxylic acids is 2. The third-order valence-corrected chi connectivity index (χ3v) is 5.86. The SMILES string of the molecule is C=C(Oc1ccc(C(C)=O)cc1)[C@H]1c2cc(Cl)ccc2O[C@H]1C(=O)c1ccc(C)cc1C. The lowest BCUT2D eigenvalue weighted by molar-refractivity contribution is 0.0789. The monoisotopic (exact) mass is 446 g/mol. The van der Waals surface area contributed by atoms with Crippen LogP contribution in [0.15, 0.2) is 73.0 Å². The van der Waals surface area contributed by atoms with Gasteiger partial charge in [0.2, 0.25) is 5.78 Å². The van der Waals surface area contributed by atoms with Crippen LogP contribution >= 0.6 is 11.6 Å². The van der Waals surface area contributed by atoms with E-state index >= 15 is 0 Å². The Labute approximate surface area is 192 Å². The molecule has 5 heteroatoms. The van der Waals surface area contributed by atoms with Gasteiger partial charge >= 0.3 is 0 Å². The number of hydrogen-bond donors (Lipinski definition) is 0. The molecule has 0 N–H and O–H groups in total. The molecule has 1 aliphatic heterocycles. The molecule has 0 saturated carbocycles. The zero-order chi connectivity index (χ0) is 23.0. The van der Waals surface area contributed by atoms with E-state index in [-0.39, 0.29) is 11.6 Å². The van der Waals surface area contributed by atoms with Crippen LogP contribution in [-0.2, 0) is 0 Å². The minimum atomic E-state index is -0.825. The Morgan fingerprint density at radius 1 is 1.00 bits per heavy atom. The molecule has 4 nitrogen and oxygen atoms in total. The highest BCUT2D eigenvalue weighted by molar-refractivity contribution is 6.30. The second-order valence-corrected chi connectivity index (χ2v) is 8.47. The topological polar surface area (TPSA) is 52.6 Å². The molecule has 2 atom stereocenters. The van der Waals surface area contributed by atoms with Crippen molar-refractivity contribution >= 4 is 23.2 Å². The van der Waals surface area contributed by atoms with E-state index in [9.17, 15) is 9.59 Å². The summed E-state index contributed by atoms with van der Waals surface area (Å²) in [6, 6.07) is 17.8. The predicted octanol–water partition coefficient (Wildman–Crippen LogP) is 6.48. The van der Waals surface area contributed by atoms with Crippen LogP contribution in [0, 0.1) is 13.8 Å². The van der Waals surface area contributed by atoms with Gasteiger partial charge in [-0.3, -0.25) is 9.59 Å². The fourth-order valence-corrected chi connectivity index (χ4v) is 4.18. The quantitative estimate of drug-likeness (QED) is 0.321. The van der Waals surface area contributed by atoms with Crippen molar-refractivity contribution in [1.82, 2.24) is 0 Å². The first kappa shape index (κ1) is 21.8. The number of hydrogen-bond acceptors (Lipinski definition) is 4. The first-order valence-electron chi connectivity index (χ1n) is 10.3. The zero-order valence-electron chi connectivity index (χ0n) is 18.1. The van der Waals surface area contributed by atoms with Gasteiger partial charge in [0.15, 0.2) is 11.9 Å². The molecule has 0 fully saturated rings. The predicted molar refractivity (Wildman–Crippen MR) is 125 cm³/mol. The number of carbonyl (C=O) groups is 2. The smallest absolute Gasteiger partial charge is 0.204 e. The second-order valence-electron chi connectivity index (χ2n) is 8.03. The van der Waals surface area contributed by atoms with E-state index in [2.05, 4.69) is 6.58 Å². The third kappa shape index (κ3) is 4.19. The van der Waals surface area contributed by atoms with E-state index in [1.54, 1.807) is 42.5 Å². The number of aryl methyl sites for hydroxylation is 2. The minimum Gasteiger partial charge on any atom is -0.481 e. The van der Waals surface area contributed by atoms with Crippen LogP contribution in [0.5, 0.6) is 11.5 Å². The van der Waals surface area contributed by atoms with Gasteiger partial charge in [0.25, 0.3) is 0 Å². The van der Waals surface area contributed by atoms with Gasteiger partial charge in [-0.15, -0.1) is 0 Å². The Bertz CT molecular complexity index is 1230. The van der Waals surface area contributed by atoms with E-state index in [1.807, 2.05) is 32.0 Å². The van der Waals surface area contributed by atoms with Crippen LogP contribution in [0.3, 0.4) is 0 Å². The summed E-state index contributed by atoms with van der Waals surface area (Å²) in [6.45, 7) is 9.52. The molecule has 1 aliphatic rings. The van der Waals surface area contributed by atoms with Crippen LogP contribution in [0.1, 0.15) is 50.2 Å². The van der Waals surface area contributed by atoms with E-state index < -0.39 is 12.0 Å². The van der Waals surface area contributed by atoms with Crippen molar-refractivity contribution in [2.45, 2.75) is 32.8 Å². The van der Waals surface area contributed by atoms with Crippen molar-refractivity contribution < 1.29 is 19.1 Å². The summed E-state index contributed by atoms with van der Waals surface area (Å²) in [6.07, 6.45) is -0.825. The van der Waals surface area contributed by atoms with Gasteiger partial charge in [-0.2, -0.15) is 0 Å². The van der Waals surface area contributed by atoms with Crippen molar-refractivity contribution in [2.24, 2.45) is 0 Å². The van der Waals surface area contributed by atoms with Crippen LogP contribution in [0.2, 0.25) is 5.02 Å². The highest BCUT2D eigenvalue weighted by atomic mass is 35.5. The summed E-state index contributed by atoms with van der Waals surface area (Å²) >= 11 is 6.24. The third-order valence-electron chi connectivity index (χ3n) is 5.63. The first-order valence-corrected chi connectivity index (χ1v) is 10.7. The van der Waals surface area contributed by atoms with Crippen molar-refractivity contribution in [3.05, 3.63) is 106 Å². The highest BCUT2D eigenvalue weighted by Gasteiger charge is 2.43. The molecule has 0 unspecified atom stereocenters. The molecule has 0 aromatic heterocycles. The maximum Gasteiger partial charge on any atom is 0.204 e. The molecular weight excluding hydrogens is 424 g/mol. The number of halogens is 1. The molecule has 3 aromatic rings. The first-order chi connectivity index (χ1) is 15.2. The van der Waals surface area contributed by atoms with Gasteiger partial charge in [0.1, 0.15) is 17.3 Å². The van der Waals surface area contributed by atoms with E-state index in [4.69, 9.17) is 21.1 Å². The number of fused-ring (bicyclic) bond motifs is 1. The van der Waals surface area contributed by atoms with Gasteiger partial charge in [0, 0.05) is 21.7 Å². The molecule has 0 spiro atoms. The van der Waals surface area contributed by atoms with Gasteiger partial charge < -0.3 is 9.47 Å². The summed E-state index contributed by atoms with van der Waals surface area (Å²) in [7, 11) is 0. The van der Waals surface area contributed by atoms with Crippen molar-refractivity contribution in [3.63, 3.8) is 0 Å².